The van der Waals surface area contributed by atoms with Gasteiger partial charge >= 0.3 is 0 Å². The summed E-state index contributed by atoms with van der Waals surface area (Å²) in [5, 5.41) is 14.4. The Bertz CT molecular complexity index is 1080. The molecule has 0 saturated carbocycles. The number of benzene rings is 1. The molecule has 28 heavy (non-hydrogen) atoms. The monoisotopic (exact) mass is 406 g/mol. The highest BCUT2D eigenvalue weighted by atomic mass is 32.2. The predicted molar refractivity (Wildman–Crippen MR) is 102 cm³/mol. The summed E-state index contributed by atoms with van der Waals surface area (Å²) in [5.41, 5.74) is 1.12. The molecule has 150 valence electrons. The summed E-state index contributed by atoms with van der Waals surface area (Å²) in [5.74, 6) is 0.725. The molecular formula is C17H22N6O4S. The van der Waals surface area contributed by atoms with E-state index in [2.05, 4.69) is 20.8 Å². The summed E-state index contributed by atoms with van der Waals surface area (Å²) in [7, 11) is -3.57. The highest BCUT2D eigenvalue weighted by molar-refractivity contribution is 7.89. The SMILES string of the molecule is CCN(CC)S(=O)(=O)c1ccc2c(c1)nnn2CCC(=O)Nc1cc(C)on1. The van der Waals surface area contributed by atoms with Crippen molar-refractivity contribution < 1.29 is 17.7 Å². The Hall–Kier alpha value is -2.79. The van der Waals surface area contributed by atoms with Crippen LogP contribution in [0.1, 0.15) is 26.0 Å². The number of hydrogen-bond acceptors (Lipinski definition) is 7. The van der Waals surface area contributed by atoms with Gasteiger partial charge in [-0.1, -0.05) is 24.2 Å². The molecule has 0 unspecified atom stereocenters. The molecule has 11 heteroatoms. The van der Waals surface area contributed by atoms with Crippen molar-refractivity contribution in [3.8, 4) is 0 Å². The average Bonchev–Trinajstić information content (AvgIpc) is 3.26. The van der Waals surface area contributed by atoms with Crippen LogP contribution in [0.5, 0.6) is 0 Å². The largest absolute Gasteiger partial charge is 0.360 e. The molecule has 0 atom stereocenters. The fourth-order valence-corrected chi connectivity index (χ4v) is 4.31. The van der Waals surface area contributed by atoms with E-state index >= 15 is 0 Å². The van der Waals surface area contributed by atoms with Gasteiger partial charge in [0.05, 0.1) is 17.0 Å². The molecular weight excluding hydrogens is 384 g/mol. The van der Waals surface area contributed by atoms with Crippen molar-refractivity contribution in [3.63, 3.8) is 0 Å². The molecule has 0 radical (unpaired) electrons. The number of fused-ring (bicyclic) bond motifs is 1. The molecule has 0 fully saturated rings. The minimum absolute atomic E-state index is 0.157. The summed E-state index contributed by atoms with van der Waals surface area (Å²) >= 11 is 0. The topological polar surface area (TPSA) is 123 Å². The number of hydrogen-bond donors (Lipinski definition) is 1. The lowest BCUT2D eigenvalue weighted by Gasteiger charge is -2.18. The van der Waals surface area contributed by atoms with E-state index in [0.29, 0.717) is 42.2 Å². The molecule has 1 aromatic carbocycles. The van der Waals surface area contributed by atoms with Crippen molar-refractivity contribution in [2.45, 2.75) is 38.6 Å². The number of amides is 1. The van der Waals surface area contributed by atoms with Crippen molar-refractivity contribution in [2.24, 2.45) is 0 Å². The minimum Gasteiger partial charge on any atom is -0.360 e. The van der Waals surface area contributed by atoms with E-state index in [0.717, 1.165) is 0 Å². The third-order valence-electron chi connectivity index (χ3n) is 4.27. The Morgan fingerprint density at radius 1 is 1.25 bits per heavy atom. The number of carbonyl (C=O) groups excluding carboxylic acids is 1. The van der Waals surface area contributed by atoms with Gasteiger partial charge < -0.3 is 9.84 Å². The summed E-state index contributed by atoms with van der Waals surface area (Å²) < 4.78 is 33.1. The van der Waals surface area contributed by atoms with Crippen LogP contribution in [0.2, 0.25) is 0 Å². The van der Waals surface area contributed by atoms with Crippen LogP contribution in [0.3, 0.4) is 0 Å². The zero-order valence-electron chi connectivity index (χ0n) is 15.9. The standard InChI is InChI=1S/C17H22N6O4S/c1-4-22(5-2)28(25,26)13-6-7-15-14(11-13)19-21-23(15)9-8-17(24)18-16-10-12(3)27-20-16/h6-7,10-11H,4-5,8-9H2,1-3H3,(H,18,20,24). The second kappa shape index (κ2) is 8.07. The third kappa shape index (κ3) is 4.04. The maximum Gasteiger partial charge on any atom is 0.243 e. The molecule has 0 spiro atoms. The van der Waals surface area contributed by atoms with E-state index in [9.17, 15) is 13.2 Å². The van der Waals surface area contributed by atoms with Crippen LogP contribution in [0.25, 0.3) is 11.0 Å². The number of nitrogens with one attached hydrogen (secondary N) is 1. The first-order valence-corrected chi connectivity index (χ1v) is 10.4. The zero-order chi connectivity index (χ0) is 20.3. The smallest absolute Gasteiger partial charge is 0.243 e. The van der Waals surface area contributed by atoms with E-state index in [1.54, 1.807) is 37.6 Å². The number of nitrogens with zero attached hydrogens (tertiary/aromatic N) is 5. The van der Waals surface area contributed by atoms with Crippen LogP contribution in [-0.2, 0) is 21.4 Å². The second-order valence-corrected chi connectivity index (χ2v) is 8.11. The van der Waals surface area contributed by atoms with Crippen LogP contribution < -0.4 is 5.32 Å². The first-order valence-electron chi connectivity index (χ1n) is 8.91. The molecule has 0 aliphatic rings. The van der Waals surface area contributed by atoms with Gasteiger partial charge in [0.1, 0.15) is 11.3 Å². The lowest BCUT2D eigenvalue weighted by molar-refractivity contribution is -0.116. The normalized spacial score (nSPS) is 12.0. The Labute approximate surface area is 162 Å². The Morgan fingerprint density at radius 2 is 2.00 bits per heavy atom. The summed E-state index contributed by atoms with van der Waals surface area (Å²) in [4.78, 5) is 12.2. The van der Waals surface area contributed by atoms with E-state index in [1.165, 1.54) is 16.4 Å². The van der Waals surface area contributed by atoms with Gasteiger partial charge in [-0.3, -0.25) is 4.79 Å². The maximum atomic E-state index is 12.6. The number of rotatable bonds is 8. The lowest BCUT2D eigenvalue weighted by atomic mass is 10.3. The summed E-state index contributed by atoms with van der Waals surface area (Å²) in [6.45, 7) is 6.40. The van der Waals surface area contributed by atoms with E-state index in [-0.39, 0.29) is 17.2 Å². The molecule has 1 amide bonds. The Balaban J connectivity index is 1.73. The first kappa shape index (κ1) is 20.0. The van der Waals surface area contributed by atoms with Crippen molar-refractivity contribution >= 4 is 32.8 Å². The molecule has 2 heterocycles. The van der Waals surface area contributed by atoms with Gasteiger partial charge in [0, 0.05) is 25.6 Å². The number of aryl methyl sites for hydroxylation is 2. The van der Waals surface area contributed by atoms with Crippen LogP contribution in [0.4, 0.5) is 5.82 Å². The van der Waals surface area contributed by atoms with E-state index in [4.69, 9.17) is 4.52 Å². The number of carbonyl (C=O) groups is 1. The fourth-order valence-electron chi connectivity index (χ4n) is 2.83. The van der Waals surface area contributed by atoms with Gasteiger partial charge in [-0.05, 0) is 25.1 Å². The van der Waals surface area contributed by atoms with E-state index < -0.39 is 10.0 Å². The highest BCUT2D eigenvalue weighted by Crippen LogP contribution is 2.20. The van der Waals surface area contributed by atoms with E-state index in [1.807, 2.05) is 0 Å². The summed E-state index contributed by atoms with van der Waals surface area (Å²) in [6, 6.07) is 6.32. The molecule has 3 rings (SSSR count). The number of anilines is 1. The van der Waals surface area contributed by atoms with Crippen molar-refractivity contribution in [1.82, 2.24) is 24.5 Å². The van der Waals surface area contributed by atoms with Gasteiger partial charge in [-0.2, -0.15) is 4.31 Å². The Kier molecular flexibility index (Phi) is 5.75. The maximum absolute atomic E-state index is 12.6. The zero-order valence-corrected chi connectivity index (χ0v) is 16.7. The highest BCUT2D eigenvalue weighted by Gasteiger charge is 2.22. The molecule has 1 N–H and O–H groups in total. The van der Waals surface area contributed by atoms with Crippen LogP contribution in [0, 0.1) is 6.92 Å². The van der Waals surface area contributed by atoms with Gasteiger partial charge in [0.25, 0.3) is 0 Å². The minimum atomic E-state index is -3.57. The van der Waals surface area contributed by atoms with Gasteiger partial charge in [0.15, 0.2) is 5.82 Å². The molecule has 0 aliphatic heterocycles. The molecule has 10 nitrogen and oxygen atoms in total. The van der Waals surface area contributed by atoms with Crippen molar-refractivity contribution in [3.05, 3.63) is 30.0 Å². The first-order chi connectivity index (χ1) is 13.3. The quantitative estimate of drug-likeness (QED) is 0.605. The van der Waals surface area contributed by atoms with Crippen molar-refractivity contribution in [2.75, 3.05) is 18.4 Å². The Morgan fingerprint density at radius 3 is 2.64 bits per heavy atom. The molecule has 3 aromatic rings. The lowest BCUT2D eigenvalue weighted by Crippen LogP contribution is -2.30. The molecule has 0 bridgehead atoms. The predicted octanol–water partition coefficient (Wildman–Crippen LogP) is 1.79. The van der Waals surface area contributed by atoms with Gasteiger partial charge in [0.2, 0.25) is 15.9 Å². The van der Waals surface area contributed by atoms with Crippen LogP contribution in [-0.4, -0.2) is 51.9 Å². The average molecular weight is 406 g/mol. The van der Waals surface area contributed by atoms with Crippen molar-refractivity contribution in [1.29, 1.82) is 0 Å². The number of aromatic nitrogens is 4. The summed E-state index contributed by atoms with van der Waals surface area (Å²) in [6.07, 6.45) is 0.157. The van der Waals surface area contributed by atoms with Crippen LogP contribution in [0.15, 0.2) is 33.7 Å². The molecule has 2 aromatic heterocycles. The number of sulfonamides is 1. The van der Waals surface area contributed by atoms with Gasteiger partial charge in [-0.25, -0.2) is 13.1 Å². The molecule has 0 aliphatic carbocycles. The van der Waals surface area contributed by atoms with Gasteiger partial charge in [-0.15, -0.1) is 5.10 Å². The van der Waals surface area contributed by atoms with Crippen LogP contribution >= 0.6 is 0 Å². The fraction of sp³-hybridized carbons (Fsp3) is 0.412. The second-order valence-electron chi connectivity index (χ2n) is 6.17. The molecule has 0 saturated heterocycles. The third-order valence-corrected chi connectivity index (χ3v) is 6.32.